The van der Waals surface area contributed by atoms with Crippen LogP contribution in [0.2, 0.25) is 0 Å². The van der Waals surface area contributed by atoms with Crippen LogP contribution in [0.15, 0.2) is 47.9 Å². The Morgan fingerprint density at radius 1 is 1.35 bits per heavy atom. The predicted octanol–water partition coefficient (Wildman–Crippen LogP) is 2.47. The SMILES string of the molecule is CCN(c1ccccc1F)c1cnccc1/C(N)=N/O. The zero-order valence-electron chi connectivity index (χ0n) is 11.0. The molecule has 1 heterocycles. The van der Waals surface area contributed by atoms with Crippen LogP contribution in [0.25, 0.3) is 0 Å². The van der Waals surface area contributed by atoms with E-state index in [9.17, 15) is 4.39 Å². The number of pyridine rings is 1. The summed E-state index contributed by atoms with van der Waals surface area (Å²) in [7, 11) is 0. The normalized spacial score (nSPS) is 11.4. The fraction of sp³-hybridized carbons (Fsp3) is 0.143. The molecule has 0 radical (unpaired) electrons. The van der Waals surface area contributed by atoms with Gasteiger partial charge in [-0.05, 0) is 25.1 Å². The quantitative estimate of drug-likeness (QED) is 0.389. The van der Waals surface area contributed by atoms with Gasteiger partial charge in [0.1, 0.15) is 5.82 Å². The zero-order valence-corrected chi connectivity index (χ0v) is 11.0. The molecule has 2 rings (SSSR count). The molecule has 1 aromatic heterocycles. The van der Waals surface area contributed by atoms with Crippen molar-refractivity contribution in [2.45, 2.75) is 6.92 Å². The van der Waals surface area contributed by atoms with Gasteiger partial charge in [-0.1, -0.05) is 17.3 Å². The summed E-state index contributed by atoms with van der Waals surface area (Å²) < 4.78 is 14.0. The second kappa shape index (κ2) is 6.01. The highest BCUT2D eigenvalue weighted by atomic mass is 19.1. The van der Waals surface area contributed by atoms with Crippen LogP contribution >= 0.6 is 0 Å². The van der Waals surface area contributed by atoms with Crippen molar-refractivity contribution < 1.29 is 9.60 Å². The number of nitrogens with two attached hydrogens (primary N) is 1. The highest BCUT2D eigenvalue weighted by molar-refractivity contribution is 6.02. The summed E-state index contributed by atoms with van der Waals surface area (Å²) in [6.07, 6.45) is 3.09. The number of hydrogen-bond acceptors (Lipinski definition) is 4. The lowest BCUT2D eigenvalue weighted by atomic mass is 10.1. The van der Waals surface area contributed by atoms with Gasteiger partial charge < -0.3 is 15.8 Å². The highest BCUT2D eigenvalue weighted by Gasteiger charge is 2.17. The van der Waals surface area contributed by atoms with Crippen molar-refractivity contribution in [1.82, 2.24) is 4.98 Å². The number of halogens is 1. The molecule has 3 N–H and O–H groups in total. The maximum Gasteiger partial charge on any atom is 0.172 e. The molecule has 0 spiro atoms. The molecular formula is C14H15FN4O. The lowest BCUT2D eigenvalue weighted by Gasteiger charge is -2.25. The average molecular weight is 274 g/mol. The van der Waals surface area contributed by atoms with Crippen LogP contribution in [0.4, 0.5) is 15.8 Å². The van der Waals surface area contributed by atoms with Gasteiger partial charge in [-0.25, -0.2) is 4.39 Å². The molecule has 0 atom stereocenters. The molecule has 104 valence electrons. The van der Waals surface area contributed by atoms with E-state index in [0.29, 0.717) is 23.5 Å². The number of nitrogens with zero attached hydrogens (tertiary/aromatic N) is 3. The molecule has 0 saturated heterocycles. The zero-order chi connectivity index (χ0) is 14.5. The summed E-state index contributed by atoms with van der Waals surface area (Å²) >= 11 is 0. The third kappa shape index (κ3) is 2.54. The first kappa shape index (κ1) is 13.8. The van der Waals surface area contributed by atoms with E-state index in [2.05, 4.69) is 10.1 Å². The summed E-state index contributed by atoms with van der Waals surface area (Å²) in [5, 5.41) is 11.8. The number of oxime groups is 1. The van der Waals surface area contributed by atoms with Crippen LogP contribution in [-0.2, 0) is 0 Å². The molecule has 0 saturated carbocycles. The summed E-state index contributed by atoms with van der Waals surface area (Å²) in [5.74, 6) is -0.388. The minimum Gasteiger partial charge on any atom is -0.409 e. The monoisotopic (exact) mass is 274 g/mol. The van der Waals surface area contributed by atoms with Crippen molar-refractivity contribution in [3.63, 3.8) is 0 Å². The summed E-state index contributed by atoms with van der Waals surface area (Å²) in [5.41, 5.74) is 7.14. The van der Waals surface area contributed by atoms with Crippen LogP contribution < -0.4 is 10.6 Å². The molecule has 0 aliphatic rings. The molecule has 5 nitrogen and oxygen atoms in total. The van der Waals surface area contributed by atoms with Crippen molar-refractivity contribution in [2.75, 3.05) is 11.4 Å². The van der Waals surface area contributed by atoms with E-state index in [1.807, 2.05) is 6.92 Å². The van der Waals surface area contributed by atoms with E-state index in [1.54, 1.807) is 35.4 Å². The Morgan fingerprint density at radius 2 is 2.10 bits per heavy atom. The minimum absolute atomic E-state index is 0.0443. The van der Waals surface area contributed by atoms with Gasteiger partial charge in [0.25, 0.3) is 0 Å². The molecule has 20 heavy (non-hydrogen) atoms. The maximum atomic E-state index is 14.0. The van der Waals surface area contributed by atoms with Gasteiger partial charge in [-0.15, -0.1) is 0 Å². The first-order chi connectivity index (χ1) is 9.69. The smallest absolute Gasteiger partial charge is 0.172 e. The Kier molecular flexibility index (Phi) is 4.14. The van der Waals surface area contributed by atoms with Crippen molar-refractivity contribution >= 4 is 17.2 Å². The first-order valence-corrected chi connectivity index (χ1v) is 6.13. The summed E-state index contributed by atoms with van der Waals surface area (Å²) in [6, 6.07) is 8.05. The Bertz CT molecular complexity index is 630. The molecule has 0 amide bonds. The van der Waals surface area contributed by atoms with E-state index in [1.165, 1.54) is 12.3 Å². The van der Waals surface area contributed by atoms with Crippen LogP contribution in [0.3, 0.4) is 0 Å². The largest absolute Gasteiger partial charge is 0.409 e. The van der Waals surface area contributed by atoms with Gasteiger partial charge >= 0.3 is 0 Å². The van der Waals surface area contributed by atoms with Crippen molar-refractivity contribution in [1.29, 1.82) is 0 Å². The molecule has 1 aromatic carbocycles. The Hall–Kier alpha value is -2.63. The van der Waals surface area contributed by atoms with Crippen LogP contribution in [0.1, 0.15) is 12.5 Å². The van der Waals surface area contributed by atoms with Gasteiger partial charge in [0.2, 0.25) is 0 Å². The van der Waals surface area contributed by atoms with E-state index in [4.69, 9.17) is 10.9 Å². The number of anilines is 2. The predicted molar refractivity (Wildman–Crippen MR) is 75.8 cm³/mol. The van der Waals surface area contributed by atoms with E-state index in [-0.39, 0.29) is 11.7 Å². The molecule has 2 aromatic rings. The molecule has 0 unspecified atom stereocenters. The molecule has 0 aliphatic carbocycles. The van der Waals surface area contributed by atoms with Gasteiger partial charge in [-0.2, -0.15) is 0 Å². The third-order valence-electron chi connectivity index (χ3n) is 2.93. The van der Waals surface area contributed by atoms with E-state index >= 15 is 0 Å². The summed E-state index contributed by atoms with van der Waals surface area (Å²) in [4.78, 5) is 5.75. The van der Waals surface area contributed by atoms with Gasteiger partial charge in [0.15, 0.2) is 5.84 Å². The van der Waals surface area contributed by atoms with Crippen molar-refractivity contribution in [2.24, 2.45) is 10.9 Å². The summed E-state index contributed by atoms with van der Waals surface area (Å²) in [6.45, 7) is 2.40. The Labute approximate surface area is 116 Å². The van der Waals surface area contributed by atoms with Crippen LogP contribution in [0, 0.1) is 5.82 Å². The minimum atomic E-state index is -0.344. The van der Waals surface area contributed by atoms with Gasteiger partial charge in [0, 0.05) is 18.3 Å². The van der Waals surface area contributed by atoms with Crippen molar-refractivity contribution in [3.8, 4) is 0 Å². The first-order valence-electron chi connectivity index (χ1n) is 6.13. The molecular weight excluding hydrogens is 259 g/mol. The van der Waals surface area contributed by atoms with Crippen molar-refractivity contribution in [3.05, 3.63) is 54.1 Å². The second-order valence-electron chi connectivity index (χ2n) is 4.07. The fourth-order valence-corrected chi connectivity index (χ4v) is 2.01. The van der Waals surface area contributed by atoms with Crippen LogP contribution in [0.5, 0.6) is 0 Å². The van der Waals surface area contributed by atoms with Crippen LogP contribution in [-0.4, -0.2) is 22.6 Å². The standard InChI is InChI=1S/C14H15FN4O/c1-2-19(12-6-4-3-5-11(12)15)13-9-17-8-7-10(13)14(16)18-20/h3-9,20H,2H2,1H3,(H2,16,18). The lowest BCUT2D eigenvalue weighted by Crippen LogP contribution is -2.23. The highest BCUT2D eigenvalue weighted by Crippen LogP contribution is 2.29. The number of aromatic nitrogens is 1. The lowest BCUT2D eigenvalue weighted by molar-refractivity contribution is 0.318. The molecule has 0 bridgehead atoms. The number of para-hydroxylation sites is 1. The maximum absolute atomic E-state index is 14.0. The Morgan fingerprint density at radius 3 is 2.75 bits per heavy atom. The third-order valence-corrected chi connectivity index (χ3v) is 2.93. The Balaban J connectivity index is 2.56. The second-order valence-corrected chi connectivity index (χ2v) is 4.07. The number of amidine groups is 1. The fourth-order valence-electron chi connectivity index (χ4n) is 2.01. The molecule has 6 heteroatoms. The molecule has 0 aliphatic heterocycles. The van der Waals surface area contributed by atoms with E-state index < -0.39 is 0 Å². The number of rotatable bonds is 4. The van der Waals surface area contributed by atoms with E-state index in [0.717, 1.165) is 0 Å². The number of hydrogen-bond donors (Lipinski definition) is 2. The topological polar surface area (TPSA) is 74.7 Å². The molecule has 0 fully saturated rings. The van der Waals surface area contributed by atoms with Gasteiger partial charge in [-0.3, -0.25) is 4.98 Å². The van der Waals surface area contributed by atoms with Gasteiger partial charge in [0.05, 0.1) is 17.6 Å². The number of benzene rings is 1. The average Bonchev–Trinajstić information content (AvgIpc) is 2.49.